The van der Waals surface area contributed by atoms with Crippen molar-refractivity contribution in [3.63, 3.8) is 0 Å². The minimum absolute atomic E-state index is 0.00234. The number of imide groups is 1. The molecule has 7 nitrogen and oxygen atoms in total. The Kier molecular flexibility index (Phi) is 4.89. The second kappa shape index (κ2) is 6.97. The molecule has 3 rings (SSSR count). The van der Waals surface area contributed by atoms with Gasteiger partial charge in [-0.05, 0) is 17.0 Å². The van der Waals surface area contributed by atoms with Crippen LogP contribution < -0.4 is 15.5 Å². The van der Waals surface area contributed by atoms with E-state index in [1.54, 1.807) is 4.90 Å². The first-order chi connectivity index (χ1) is 12.3. The van der Waals surface area contributed by atoms with Crippen molar-refractivity contribution >= 4 is 23.5 Å². The lowest BCUT2D eigenvalue weighted by molar-refractivity contribution is -0.136. The van der Waals surface area contributed by atoms with Crippen LogP contribution in [0.25, 0.3) is 0 Å². The summed E-state index contributed by atoms with van der Waals surface area (Å²) in [4.78, 5) is 39.6. The first kappa shape index (κ1) is 18.2. The van der Waals surface area contributed by atoms with Crippen molar-refractivity contribution in [3.05, 3.63) is 29.8 Å². The summed E-state index contributed by atoms with van der Waals surface area (Å²) in [7, 11) is 0. The summed E-state index contributed by atoms with van der Waals surface area (Å²) in [5.41, 5.74) is 2.54. The second-order valence-corrected chi connectivity index (χ2v) is 7.86. The number of urea groups is 1. The van der Waals surface area contributed by atoms with Gasteiger partial charge in [-0.25, -0.2) is 4.79 Å². The van der Waals surface area contributed by atoms with Crippen LogP contribution in [0.15, 0.2) is 24.3 Å². The minimum Gasteiger partial charge on any atom is -0.368 e. The Morgan fingerprint density at radius 1 is 1.08 bits per heavy atom. The van der Waals surface area contributed by atoms with E-state index in [0.29, 0.717) is 13.1 Å². The zero-order chi connectivity index (χ0) is 18.9. The zero-order valence-electron chi connectivity index (χ0n) is 15.5. The summed E-state index contributed by atoms with van der Waals surface area (Å²) < 4.78 is 0. The lowest BCUT2D eigenvalue weighted by Crippen LogP contribution is -2.60. The van der Waals surface area contributed by atoms with E-state index in [-0.39, 0.29) is 17.7 Å². The Morgan fingerprint density at radius 2 is 1.73 bits per heavy atom. The molecule has 2 N–H and O–H groups in total. The van der Waals surface area contributed by atoms with E-state index in [4.69, 9.17) is 0 Å². The molecule has 4 amide bonds. The molecule has 2 aliphatic rings. The zero-order valence-corrected chi connectivity index (χ0v) is 15.5. The van der Waals surface area contributed by atoms with Gasteiger partial charge in [-0.2, -0.15) is 0 Å². The first-order valence-corrected chi connectivity index (χ1v) is 8.99. The van der Waals surface area contributed by atoms with Gasteiger partial charge in [0.1, 0.15) is 6.04 Å². The van der Waals surface area contributed by atoms with Gasteiger partial charge in [0.15, 0.2) is 0 Å². The Morgan fingerprint density at radius 3 is 2.35 bits per heavy atom. The van der Waals surface area contributed by atoms with Crippen LogP contribution in [-0.2, 0) is 15.0 Å². The largest absolute Gasteiger partial charge is 0.368 e. The van der Waals surface area contributed by atoms with Gasteiger partial charge in [-0.15, -0.1) is 0 Å². The van der Waals surface area contributed by atoms with Gasteiger partial charge in [0.25, 0.3) is 0 Å². The van der Waals surface area contributed by atoms with Crippen molar-refractivity contribution in [3.8, 4) is 0 Å². The molecule has 1 atom stereocenters. The maximum atomic E-state index is 12.6. The molecule has 1 aromatic carbocycles. The summed E-state index contributed by atoms with van der Waals surface area (Å²) in [6.45, 7) is 9.20. The van der Waals surface area contributed by atoms with Crippen LogP contribution in [0, 0.1) is 0 Å². The fourth-order valence-corrected chi connectivity index (χ4v) is 3.53. The number of para-hydroxylation sites is 1. The number of hydrogen-bond acceptors (Lipinski definition) is 4. The number of rotatable bonds is 2. The number of hydrogen-bond donors (Lipinski definition) is 2. The third-order valence-corrected chi connectivity index (χ3v) is 4.89. The second-order valence-electron chi connectivity index (χ2n) is 7.86. The Labute approximate surface area is 153 Å². The number of carbonyl (C=O) groups excluding carboxylic acids is 3. The van der Waals surface area contributed by atoms with Crippen LogP contribution in [0.3, 0.4) is 0 Å². The Hall–Kier alpha value is -2.57. The highest BCUT2D eigenvalue weighted by Crippen LogP contribution is 2.32. The Balaban J connectivity index is 1.66. The van der Waals surface area contributed by atoms with Crippen LogP contribution in [0.1, 0.15) is 32.8 Å². The van der Waals surface area contributed by atoms with E-state index in [1.165, 1.54) is 11.3 Å². The topological polar surface area (TPSA) is 81.8 Å². The first-order valence-electron chi connectivity index (χ1n) is 8.99. The fourth-order valence-electron chi connectivity index (χ4n) is 3.53. The number of nitrogens with zero attached hydrogens (tertiary/aromatic N) is 2. The molecule has 1 aromatic rings. The molecule has 0 spiro atoms. The molecule has 0 saturated carbocycles. The predicted molar refractivity (Wildman–Crippen MR) is 99.0 cm³/mol. The molecule has 2 fully saturated rings. The van der Waals surface area contributed by atoms with Crippen LogP contribution in [0.2, 0.25) is 0 Å². The predicted octanol–water partition coefficient (Wildman–Crippen LogP) is 1.23. The highest BCUT2D eigenvalue weighted by atomic mass is 16.2. The van der Waals surface area contributed by atoms with Crippen molar-refractivity contribution in [2.75, 3.05) is 31.1 Å². The van der Waals surface area contributed by atoms with Gasteiger partial charge >= 0.3 is 6.03 Å². The van der Waals surface area contributed by atoms with Crippen molar-refractivity contribution in [2.45, 2.75) is 38.6 Å². The molecule has 7 heteroatoms. The molecular weight excluding hydrogens is 332 g/mol. The summed E-state index contributed by atoms with van der Waals surface area (Å²) in [5.74, 6) is -0.596. The van der Waals surface area contributed by atoms with E-state index < -0.39 is 18.0 Å². The molecule has 0 unspecified atom stereocenters. The van der Waals surface area contributed by atoms with Gasteiger partial charge in [0.05, 0.1) is 6.42 Å². The van der Waals surface area contributed by atoms with Crippen LogP contribution in [0.4, 0.5) is 10.5 Å². The summed E-state index contributed by atoms with van der Waals surface area (Å²) in [6.07, 6.45) is -0.00234. The highest BCUT2D eigenvalue weighted by molar-refractivity contribution is 6.02. The molecule has 26 heavy (non-hydrogen) atoms. The van der Waals surface area contributed by atoms with Crippen molar-refractivity contribution in [1.82, 2.24) is 15.5 Å². The summed E-state index contributed by atoms with van der Waals surface area (Å²) in [5, 5.41) is 4.69. The molecule has 2 saturated heterocycles. The summed E-state index contributed by atoms with van der Waals surface area (Å²) >= 11 is 0. The van der Waals surface area contributed by atoms with Gasteiger partial charge in [-0.1, -0.05) is 39.0 Å². The van der Waals surface area contributed by atoms with E-state index in [2.05, 4.69) is 54.5 Å². The lowest BCUT2D eigenvalue weighted by atomic mass is 9.85. The average Bonchev–Trinajstić information content (AvgIpc) is 2.60. The van der Waals surface area contributed by atoms with E-state index in [1.807, 2.05) is 6.07 Å². The number of amides is 4. The normalized spacial score (nSPS) is 21.3. The number of benzene rings is 1. The number of piperazine rings is 1. The lowest BCUT2D eigenvalue weighted by Gasteiger charge is -2.39. The minimum atomic E-state index is -0.760. The number of nitrogens with one attached hydrogen (secondary N) is 2. The van der Waals surface area contributed by atoms with E-state index in [9.17, 15) is 14.4 Å². The van der Waals surface area contributed by atoms with Crippen molar-refractivity contribution < 1.29 is 14.4 Å². The van der Waals surface area contributed by atoms with Gasteiger partial charge < -0.3 is 15.1 Å². The molecule has 140 valence electrons. The fraction of sp³-hybridized carbons (Fsp3) is 0.526. The Bertz CT molecular complexity index is 702. The highest BCUT2D eigenvalue weighted by Gasteiger charge is 2.34. The third kappa shape index (κ3) is 3.81. The van der Waals surface area contributed by atoms with Crippen LogP contribution in [0.5, 0.6) is 0 Å². The quantitative estimate of drug-likeness (QED) is 0.833. The van der Waals surface area contributed by atoms with E-state index >= 15 is 0 Å². The third-order valence-electron chi connectivity index (χ3n) is 4.89. The molecule has 0 radical (unpaired) electrons. The molecular formula is C19H26N4O3. The molecule has 0 aromatic heterocycles. The SMILES string of the molecule is CC(C)(C)c1ccccc1N1CCN(C(=O)[C@@H]2CC(=O)NC(=O)N2)CC1. The number of carbonyl (C=O) groups is 3. The van der Waals surface area contributed by atoms with E-state index in [0.717, 1.165) is 13.1 Å². The summed E-state index contributed by atoms with van der Waals surface area (Å²) in [6, 6.07) is 7.02. The maximum Gasteiger partial charge on any atom is 0.322 e. The van der Waals surface area contributed by atoms with Crippen molar-refractivity contribution in [2.24, 2.45) is 0 Å². The van der Waals surface area contributed by atoms with Crippen LogP contribution >= 0.6 is 0 Å². The molecule has 0 aliphatic carbocycles. The monoisotopic (exact) mass is 358 g/mol. The van der Waals surface area contributed by atoms with Gasteiger partial charge in [0, 0.05) is 31.9 Å². The van der Waals surface area contributed by atoms with Gasteiger partial charge in [0.2, 0.25) is 11.8 Å². The molecule has 0 bridgehead atoms. The van der Waals surface area contributed by atoms with Gasteiger partial charge in [-0.3, -0.25) is 14.9 Å². The standard InChI is InChI=1S/C19H26N4O3/c1-19(2,3)13-6-4-5-7-15(13)22-8-10-23(11-9-22)17(25)14-12-16(24)21-18(26)20-14/h4-7,14H,8-12H2,1-3H3,(H2,20,21,24,26)/t14-/m0/s1. The number of anilines is 1. The molecule has 2 aliphatic heterocycles. The molecule has 2 heterocycles. The maximum absolute atomic E-state index is 12.6. The van der Waals surface area contributed by atoms with Crippen LogP contribution in [-0.4, -0.2) is 55.0 Å². The smallest absolute Gasteiger partial charge is 0.322 e. The van der Waals surface area contributed by atoms with Crippen molar-refractivity contribution in [1.29, 1.82) is 0 Å². The average molecular weight is 358 g/mol.